The summed E-state index contributed by atoms with van der Waals surface area (Å²) in [7, 11) is 1.55. The lowest BCUT2D eigenvalue weighted by molar-refractivity contribution is 0.185. The second-order valence-corrected chi connectivity index (χ2v) is 8.09. The van der Waals surface area contributed by atoms with Gasteiger partial charge in [0.15, 0.2) is 0 Å². The normalized spacial score (nSPS) is 11.8. The summed E-state index contributed by atoms with van der Waals surface area (Å²) < 4.78 is 34.3. The van der Waals surface area contributed by atoms with Crippen LogP contribution in [0.25, 0.3) is 16.6 Å². The van der Waals surface area contributed by atoms with Crippen LogP contribution >= 0.6 is 0 Å². The van der Waals surface area contributed by atoms with E-state index in [0.29, 0.717) is 40.7 Å². The van der Waals surface area contributed by atoms with E-state index in [1.807, 2.05) is 6.92 Å². The van der Waals surface area contributed by atoms with Gasteiger partial charge in [-0.1, -0.05) is 19.1 Å². The first-order valence-corrected chi connectivity index (χ1v) is 11.6. The van der Waals surface area contributed by atoms with Crippen molar-refractivity contribution in [1.82, 2.24) is 14.5 Å². The van der Waals surface area contributed by atoms with Crippen molar-refractivity contribution < 1.29 is 18.3 Å². The highest BCUT2D eigenvalue weighted by Crippen LogP contribution is 2.27. The fraction of sp³-hybridized carbons (Fsp3) is 0.222. The molecule has 0 bridgehead atoms. The highest BCUT2D eigenvalue weighted by Gasteiger charge is 2.28. The van der Waals surface area contributed by atoms with Crippen LogP contribution in [0.2, 0.25) is 0 Å². The van der Waals surface area contributed by atoms with Gasteiger partial charge in [0.05, 0.1) is 35.4 Å². The average molecular weight is 493 g/mol. The first-order chi connectivity index (χ1) is 17.4. The molecule has 1 atom stereocenters. The van der Waals surface area contributed by atoms with Crippen molar-refractivity contribution in [3.63, 3.8) is 0 Å². The van der Waals surface area contributed by atoms with Crippen LogP contribution in [0.3, 0.4) is 0 Å². The lowest BCUT2D eigenvalue weighted by Gasteiger charge is -2.31. The molecule has 2 amide bonds. The highest BCUT2D eigenvalue weighted by atomic mass is 19.1. The molecule has 0 saturated carbocycles. The van der Waals surface area contributed by atoms with E-state index in [4.69, 9.17) is 9.72 Å². The third kappa shape index (κ3) is 4.77. The number of nitrogens with zero attached hydrogens (tertiary/aromatic N) is 3. The van der Waals surface area contributed by atoms with Crippen LogP contribution in [0.4, 0.5) is 19.3 Å². The van der Waals surface area contributed by atoms with Crippen molar-refractivity contribution in [1.29, 1.82) is 0 Å². The van der Waals surface area contributed by atoms with Crippen LogP contribution < -0.4 is 15.6 Å². The number of halogens is 2. The number of aromatic nitrogens is 2. The molecular formula is C27H26F2N4O3. The largest absolute Gasteiger partial charge is 0.497 e. The molecule has 0 spiro atoms. The molecule has 1 aromatic heterocycles. The molecule has 0 aliphatic carbocycles. The Morgan fingerprint density at radius 3 is 2.44 bits per heavy atom. The first-order valence-electron chi connectivity index (χ1n) is 11.6. The summed E-state index contributed by atoms with van der Waals surface area (Å²) in [5.41, 5.74) is 0.643. The number of amides is 2. The number of hydrogen-bond donors (Lipinski definition) is 1. The van der Waals surface area contributed by atoms with Crippen LogP contribution in [-0.4, -0.2) is 34.1 Å². The van der Waals surface area contributed by atoms with Gasteiger partial charge >= 0.3 is 6.03 Å². The monoisotopic (exact) mass is 492 g/mol. The number of methoxy groups -OCH3 is 1. The molecular weight excluding hydrogens is 466 g/mol. The van der Waals surface area contributed by atoms with Crippen molar-refractivity contribution in [2.45, 2.75) is 26.3 Å². The third-order valence-electron chi connectivity index (χ3n) is 5.97. The molecule has 1 unspecified atom stereocenters. The molecule has 0 fully saturated rings. The van der Waals surface area contributed by atoms with Gasteiger partial charge in [0.2, 0.25) is 0 Å². The zero-order valence-electron chi connectivity index (χ0n) is 20.2. The van der Waals surface area contributed by atoms with Gasteiger partial charge < -0.3 is 15.0 Å². The smallest absolute Gasteiger partial charge is 0.322 e. The fourth-order valence-corrected chi connectivity index (χ4v) is 4.18. The quantitative estimate of drug-likeness (QED) is 0.360. The summed E-state index contributed by atoms with van der Waals surface area (Å²) in [4.78, 5) is 33.2. The van der Waals surface area contributed by atoms with Crippen molar-refractivity contribution in [3.8, 4) is 11.4 Å². The van der Waals surface area contributed by atoms with E-state index < -0.39 is 23.7 Å². The summed E-state index contributed by atoms with van der Waals surface area (Å²) in [6.07, 6.45) is 0.425. The Morgan fingerprint density at radius 2 is 1.81 bits per heavy atom. The Labute approximate surface area is 207 Å². The van der Waals surface area contributed by atoms with Gasteiger partial charge in [0.1, 0.15) is 23.2 Å². The molecule has 0 aliphatic rings. The molecule has 36 heavy (non-hydrogen) atoms. The van der Waals surface area contributed by atoms with Crippen LogP contribution in [-0.2, 0) is 0 Å². The molecule has 4 aromatic rings. The minimum absolute atomic E-state index is 0.145. The molecule has 4 rings (SSSR count). The molecule has 0 radical (unpaired) electrons. The van der Waals surface area contributed by atoms with Gasteiger partial charge in [0.25, 0.3) is 5.56 Å². The summed E-state index contributed by atoms with van der Waals surface area (Å²) in [5.74, 6) is -0.632. The zero-order chi connectivity index (χ0) is 25.8. The van der Waals surface area contributed by atoms with Gasteiger partial charge in [-0.3, -0.25) is 9.36 Å². The molecule has 0 aliphatic heterocycles. The second-order valence-electron chi connectivity index (χ2n) is 8.09. The Bertz CT molecular complexity index is 1450. The minimum atomic E-state index is -0.883. The predicted molar refractivity (Wildman–Crippen MR) is 135 cm³/mol. The number of fused-ring (bicyclic) bond motifs is 1. The topological polar surface area (TPSA) is 76.5 Å². The van der Waals surface area contributed by atoms with Crippen molar-refractivity contribution in [2.75, 3.05) is 19.0 Å². The van der Waals surface area contributed by atoms with Crippen LogP contribution in [0.5, 0.6) is 5.75 Å². The Kier molecular flexibility index (Phi) is 7.28. The predicted octanol–water partition coefficient (Wildman–Crippen LogP) is 5.68. The van der Waals surface area contributed by atoms with E-state index in [9.17, 15) is 18.4 Å². The Hall–Kier alpha value is -4.27. The Balaban J connectivity index is 1.84. The number of nitrogens with one attached hydrogen (secondary N) is 1. The van der Waals surface area contributed by atoms with Gasteiger partial charge in [-0.05, 0) is 61.9 Å². The van der Waals surface area contributed by atoms with E-state index in [1.54, 1.807) is 62.6 Å². The molecule has 3 aromatic carbocycles. The number of anilines is 1. The van der Waals surface area contributed by atoms with E-state index in [0.717, 1.165) is 6.07 Å². The van der Waals surface area contributed by atoms with E-state index in [-0.39, 0.29) is 17.8 Å². The van der Waals surface area contributed by atoms with E-state index >= 15 is 0 Å². The number of carbonyl (C=O) groups excluding carboxylic acids is 1. The summed E-state index contributed by atoms with van der Waals surface area (Å²) in [6, 6.07) is 15.7. The third-order valence-corrected chi connectivity index (χ3v) is 5.97. The number of para-hydroxylation sites is 1. The van der Waals surface area contributed by atoms with E-state index in [1.165, 1.54) is 15.5 Å². The fourth-order valence-electron chi connectivity index (χ4n) is 4.18. The number of benzene rings is 3. The molecule has 1 N–H and O–H groups in total. The van der Waals surface area contributed by atoms with Crippen molar-refractivity contribution in [3.05, 3.63) is 94.5 Å². The van der Waals surface area contributed by atoms with Crippen LogP contribution in [0.15, 0.2) is 71.5 Å². The lowest BCUT2D eigenvalue weighted by atomic mass is 10.1. The van der Waals surface area contributed by atoms with Crippen LogP contribution in [0.1, 0.15) is 32.1 Å². The van der Waals surface area contributed by atoms with Gasteiger partial charge in [-0.2, -0.15) is 0 Å². The van der Waals surface area contributed by atoms with Gasteiger partial charge in [-0.25, -0.2) is 18.6 Å². The first kappa shape index (κ1) is 24.8. The SMILES string of the molecule is CCC(c1nc2ccccc2c(=O)n1-c1ccc(OC)cc1)N(CC)C(=O)Nc1ccc(F)cc1F. The maximum absolute atomic E-state index is 14.2. The second kappa shape index (κ2) is 10.6. The number of urea groups is 1. The maximum Gasteiger partial charge on any atom is 0.322 e. The molecule has 186 valence electrons. The van der Waals surface area contributed by atoms with E-state index in [2.05, 4.69) is 5.32 Å². The van der Waals surface area contributed by atoms with Crippen LogP contribution in [0, 0.1) is 11.6 Å². The van der Waals surface area contributed by atoms with Crippen molar-refractivity contribution >= 4 is 22.6 Å². The molecule has 1 heterocycles. The van der Waals surface area contributed by atoms with Gasteiger partial charge in [-0.15, -0.1) is 0 Å². The minimum Gasteiger partial charge on any atom is -0.497 e. The highest BCUT2D eigenvalue weighted by molar-refractivity contribution is 5.89. The average Bonchev–Trinajstić information content (AvgIpc) is 2.89. The summed E-state index contributed by atoms with van der Waals surface area (Å²) in [5, 5.41) is 2.95. The summed E-state index contributed by atoms with van der Waals surface area (Å²) in [6.45, 7) is 3.90. The number of rotatable bonds is 7. The molecule has 9 heteroatoms. The number of hydrogen-bond acceptors (Lipinski definition) is 4. The standard InChI is InChI=1S/C27H26F2N4O3/c1-4-24(32(5-2)27(35)31-23-15-10-17(28)16-21(23)29)25-30-22-9-7-6-8-20(22)26(34)33(25)18-11-13-19(36-3)14-12-18/h6-16,24H,4-5H2,1-3H3,(H,31,35). The summed E-state index contributed by atoms with van der Waals surface area (Å²) >= 11 is 0. The number of carbonyl (C=O) groups is 1. The maximum atomic E-state index is 14.2. The molecule has 7 nitrogen and oxygen atoms in total. The Morgan fingerprint density at radius 1 is 1.08 bits per heavy atom. The van der Waals surface area contributed by atoms with Crippen molar-refractivity contribution in [2.24, 2.45) is 0 Å². The lowest BCUT2D eigenvalue weighted by Crippen LogP contribution is -2.40. The number of ether oxygens (including phenoxy) is 1. The van der Waals surface area contributed by atoms with Gasteiger partial charge in [0, 0.05) is 12.6 Å². The molecule has 0 saturated heterocycles. The zero-order valence-corrected chi connectivity index (χ0v) is 20.2.